The zero-order valence-electron chi connectivity index (χ0n) is 16.8. The minimum Gasteiger partial charge on any atom is -0.341 e. The molecule has 2 bridgehead atoms. The van der Waals surface area contributed by atoms with Crippen LogP contribution in [-0.2, 0) is 22.6 Å². The SMILES string of the molecule is C=C1C(NC(=O)C(=O)NCc2nc(Cc3ccccc3)no2)C[C@H]2C[C@@H]1C2(C)C. The Hall–Kier alpha value is -2.96. The van der Waals surface area contributed by atoms with Gasteiger partial charge in [0.2, 0.25) is 5.89 Å². The molecule has 3 aliphatic carbocycles. The average molecular weight is 394 g/mol. The summed E-state index contributed by atoms with van der Waals surface area (Å²) >= 11 is 0. The van der Waals surface area contributed by atoms with Gasteiger partial charge >= 0.3 is 11.8 Å². The molecule has 1 unspecified atom stereocenters. The van der Waals surface area contributed by atoms with Crippen LogP contribution in [0.2, 0.25) is 0 Å². The lowest BCUT2D eigenvalue weighted by Crippen LogP contribution is -2.58. The molecule has 2 N–H and O–H groups in total. The average Bonchev–Trinajstić information content (AvgIpc) is 3.15. The molecule has 3 fully saturated rings. The summed E-state index contributed by atoms with van der Waals surface area (Å²) in [6, 6.07) is 9.66. The number of amides is 2. The molecule has 3 atom stereocenters. The lowest BCUT2D eigenvalue weighted by Gasteiger charge is -2.59. The Balaban J connectivity index is 1.26. The smallest absolute Gasteiger partial charge is 0.309 e. The van der Waals surface area contributed by atoms with E-state index < -0.39 is 11.8 Å². The van der Waals surface area contributed by atoms with Crippen molar-refractivity contribution in [2.75, 3.05) is 0 Å². The molecule has 0 radical (unpaired) electrons. The van der Waals surface area contributed by atoms with E-state index >= 15 is 0 Å². The first kappa shape index (κ1) is 19.4. The Morgan fingerprint density at radius 2 is 1.97 bits per heavy atom. The minimum atomic E-state index is -0.709. The van der Waals surface area contributed by atoms with Crippen LogP contribution in [0.25, 0.3) is 0 Å². The zero-order chi connectivity index (χ0) is 20.6. The van der Waals surface area contributed by atoms with Gasteiger partial charge in [0, 0.05) is 6.42 Å². The quantitative estimate of drug-likeness (QED) is 0.599. The largest absolute Gasteiger partial charge is 0.341 e. The number of benzene rings is 1. The molecule has 7 nitrogen and oxygen atoms in total. The molecule has 0 saturated heterocycles. The maximum atomic E-state index is 12.3. The van der Waals surface area contributed by atoms with E-state index in [0.29, 0.717) is 24.1 Å². The second-order valence-corrected chi connectivity index (χ2v) is 8.59. The minimum absolute atomic E-state index is 0.0118. The van der Waals surface area contributed by atoms with Crippen LogP contribution in [0.5, 0.6) is 0 Å². The van der Waals surface area contributed by atoms with E-state index in [1.165, 1.54) is 0 Å². The fraction of sp³-hybridized carbons (Fsp3) is 0.455. The summed E-state index contributed by atoms with van der Waals surface area (Å²) in [5.41, 5.74) is 2.34. The van der Waals surface area contributed by atoms with Crippen molar-refractivity contribution < 1.29 is 14.1 Å². The molecule has 29 heavy (non-hydrogen) atoms. The highest BCUT2D eigenvalue weighted by atomic mass is 16.5. The van der Waals surface area contributed by atoms with Gasteiger partial charge in [-0.3, -0.25) is 9.59 Å². The molecule has 3 saturated carbocycles. The van der Waals surface area contributed by atoms with Crippen LogP contribution >= 0.6 is 0 Å². The van der Waals surface area contributed by atoms with Crippen LogP contribution < -0.4 is 10.6 Å². The number of fused-ring (bicyclic) bond motifs is 2. The number of rotatable bonds is 5. The number of nitrogens with one attached hydrogen (secondary N) is 2. The number of hydrogen-bond acceptors (Lipinski definition) is 5. The van der Waals surface area contributed by atoms with E-state index in [9.17, 15) is 9.59 Å². The van der Waals surface area contributed by atoms with E-state index in [-0.39, 0.29) is 23.9 Å². The maximum absolute atomic E-state index is 12.3. The Morgan fingerprint density at radius 1 is 1.21 bits per heavy atom. The second-order valence-electron chi connectivity index (χ2n) is 8.59. The van der Waals surface area contributed by atoms with Gasteiger partial charge < -0.3 is 15.2 Å². The van der Waals surface area contributed by atoms with Gasteiger partial charge in [-0.1, -0.05) is 61.5 Å². The molecule has 152 valence electrons. The van der Waals surface area contributed by atoms with Crippen LogP contribution in [-0.4, -0.2) is 28.0 Å². The molecular weight excluding hydrogens is 368 g/mol. The van der Waals surface area contributed by atoms with E-state index in [2.05, 4.69) is 41.2 Å². The van der Waals surface area contributed by atoms with Crippen molar-refractivity contribution in [2.45, 2.75) is 45.7 Å². The van der Waals surface area contributed by atoms with E-state index in [1.807, 2.05) is 30.3 Å². The highest BCUT2D eigenvalue weighted by Crippen LogP contribution is 2.60. The number of hydrogen-bond donors (Lipinski definition) is 2. The van der Waals surface area contributed by atoms with E-state index in [1.54, 1.807) is 0 Å². The first-order valence-corrected chi connectivity index (χ1v) is 9.97. The molecule has 5 rings (SSSR count). The van der Waals surface area contributed by atoms with Crippen LogP contribution in [0.15, 0.2) is 47.0 Å². The molecule has 7 heteroatoms. The highest BCUT2D eigenvalue weighted by molar-refractivity contribution is 6.35. The Kier molecular flexibility index (Phi) is 4.98. The summed E-state index contributed by atoms with van der Waals surface area (Å²) in [4.78, 5) is 28.7. The van der Waals surface area contributed by atoms with Crippen molar-refractivity contribution in [1.29, 1.82) is 0 Å². The van der Waals surface area contributed by atoms with Gasteiger partial charge in [-0.2, -0.15) is 4.98 Å². The van der Waals surface area contributed by atoms with Crippen molar-refractivity contribution in [2.24, 2.45) is 17.3 Å². The molecular formula is C22H26N4O3. The summed E-state index contributed by atoms with van der Waals surface area (Å²) in [7, 11) is 0. The molecule has 3 aliphatic rings. The standard InChI is InChI=1S/C22H26N4O3/c1-13-16-10-15(22(16,2)3)11-17(13)24-21(28)20(27)23-12-19-25-18(26-29-19)9-14-7-5-4-6-8-14/h4-8,15-17H,1,9-12H2,2-3H3,(H,23,27)(H,24,28)/t15-,16+,17?/m1/s1. The van der Waals surface area contributed by atoms with Crippen LogP contribution in [0.4, 0.5) is 0 Å². The van der Waals surface area contributed by atoms with Gasteiger partial charge in [-0.05, 0) is 35.7 Å². The predicted molar refractivity (Wildman–Crippen MR) is 106 cm³/mol. The van der Waals surface area contributed by atoms with Gasteiger partial charge in [-0.25, -0.2) is 0 Å². The fourth-order valence-electron chi connectivity index (χ4n) is 4.55. The molecule has 1 aromatic heterocycles. The predicted octanol–water partition coefficient (Wildman–Crippen LogP) is 2.38. The fourth-order valence-corrected chi connectivity index (χ4v) is 4.55. The molecule has 2 aromatic rings. The monoisotopic (exact) mass is 394 g/mol. The second kappa shape index (κ2) is 7.46. The van der Waals surface area contributed by atoms with Crippen LogP contribution in [0.1, 0.15) is 44.0 Å². The van der Waals surface area contributed by atoms with Gasteiger partial charge in [0.1, 0.15) is 0 Å². The summed E-state index contributed by atoms with van der Waals surface area (Å²) in [6.07, 6.45) is 2.52. The lowest BCUT2D eigenvalue weighted by atomic mass is 9.46. The molecule has 1 heterocycles. The van der Waals surface area contributed by atoms with Gasteiger partial charge in [-0.15, -0.1) is 0 Å². The summed E-state index contributed by atoms with van der Waals surface area (Å²) in [5.74, 6) is 0.412. The molecule has 1 aromatic carbocycles. The van der Waals surface area contributed by atoms with Gasteiger partial charge in [0.15, 0.2) is 5.82 Å². The lowest BCUT2D eigenvalue weighted by molar-refractivity contribution is -0.140. The Labute approximate surface area is 170 Å². The van der Waals surface area contributed by atoms with E-state index in [0.717, 1.165) is 24.0 Å². The normalized spacial score (nSPS) is 24.5. The first-order valence-electron chi connectivity index (χ1n) is 9.97. The van der Waals surface area contributed by atoms with Crippen LogP contribution in [0.3, 0.4) is 0 Å². The van der Waals surface area contributed by atoms with Gasteiger partial charge in [0.25, 0.3) is 0 Å². The number of carbonyl (C=O) groups excluding carboxylic acids is 2. The Bertz CT molecular complexity index is 935. The Morgan fingerprint density at radius 3 is 2.66 bits per heavy atom. The van der Waals surface area contributed by atoms with Crippen LogP contribution in [0, 0.1) is 17.3 Å². The number of aromatic nitrogens is 2. The first-order chi connectivity index (χ1) is 13.8. The van der Waals surface area contributed by atoms with E-state index in [4.69, 9.17) is 4.52 Å². The highest BCUT2D eigenvalue weighted by Gasteiger charge is 2.55. The maximum Gasteiger partial charge on any atom is 0.309 e. The van der Waals surface area contributed by atoms with Crippen molar-refractivity contribution in [3.8, 4) is 0 Å². The summed E-state index contributed by atoms with van der Waals surface area (Å²) < 4.78 is 5.16. The third-order valence-electron chi connectivity index (χ3n) is 6.51. The van der Waals surface area contributed by atoms with Crippen molar-refractivity contribution in [3.05, 3.63) is 59.8 Å². The number of nitrogens with zero attached hydrogens (tertiary/aromatic N) is 2. The summed E-state index contributed by atoms with van der Waals surface area (Å²) in [6.45, 7) is 8.68. The molecule has 2 amide bonds. The summed E-state index contributed by atoms with van der Waals surface area (Å²) in [5, 5.41) is 9.28. The third kappa shape index (κ3) is 3.81. The number of carbonyl (C=O) groups is 2. The van der Waals surface area contributed by atoms with Gasteiger partial charge in [0.05, 0.1) is 12.6 Å². The van der Waals surface area contributed by atoms with Crippen molar-refractivity contribution in [3.63, 3.8) is 0 Å². The molecule has 0 aliphatic heterocycles. The zero-order valence-corrected chi connectivity index (χ0v) is 16.8. The van der Waals surface area contributed by atoms with Crippen molar-refractivity contribution in [1.82, 2.24) is 20.8 Å². The topological polar surface area (TPSA) is 97.1 Å². The molecule has 0 spiro atoms. The third-order valence-corrected chi connectivity index (χ3v) is 6.51. The van der Waals surface area contributed by atoms with Crippen molar-refractivity contribution >= 4 is 11.8 Å².